The first-order chi connectivity index (χ1) is 6.86. The zero-order chi connectivity index (χ0) is 9.80. The van der Waals surface area contributed by atoms with Crippen molar-refractivity contribution in [2.75, 3.05) is 13.1 Å². The second-order valence-corrected chi connectivity index (χ2v) is 4.77. The van der Waals surface area contributed by atoms with Crippen molar-refractivity contribution < 1.29 is 4.39 Å². The Labute approximate surface area is 87.6 Å². The molecule has 4 heteroatoms. The van der Waals surface area contributed by atoms with Crippen LogP contribution < -0.4 is 5.32 Å². The Bertz CT molecular complexity index is 257. The van der Waals surface area contributed by atoms with Gasteiger partial charge < -0.3 is 5.32 Å². The second kappa shape index (κ2) is 4.84. The van der Waals surface area contributed by atoms with E-state index in [1.807, 2.05) is 0 Å². The van der Waals surface area contributed by atoms with Gasteiger partial charge in [0.25, 0.3) is 0 Å². The largest absolute Gasteiger partial charge is 0.316 e. The van der Waals surface area contributed by atoms with Gasteiger partial charge in [-0.25, -0.2) is 4.39 Å². The maximum atomic E-state index is 13.8. The molecule has 1 aliphatic heterocycles. The zero-order valence-electron chi connectivity index (χ0n) is 8.08. The molecule has 1 aromatic heterocycles. The van der Waals surface area contributed by atoms with Crippen LogP contribution in [0.25, 0.3) is 0 Å². The highest BCUT2D eigenvalue weighted by atomic mass is 32.1. The molecule has 1 saturated heterocycles. The van der Waals surface area contributed by atoms with E-state index < -0.39 is 6.17 Å². The molecule has 0 saturated carbocycles. The molecule has 2 heterocycles. The van der Waals surface area contributed by atoms with E-state index in [2.05, 4.69) is 10.3 Å². The number of hydrogen-bond acceptors (Lipinski definition) is 3. The third-order valence-corrected chi connectivity index (χ3v) is 3.53. The summed E-state index contributed by atoms with van der Waals surface area (Å²) < 4.78 is 13.8. The maximum Gasteiger partial charge on any atom is 0.109 e. The molecule has 78 valence electrons. The molecule has 2 nitrogen and oxygen atoms in total. The van der Waals surface area contributed by atoms with E-state index in [1.54, 1.807) is 23.0 Å². The third kappa shape index (κ3) is 2.51. The van der Waals surface area contributed by atoms with Crippen molar-refractivity contribution in [3.05, 3.63) is 16.6 Å². The van der Waals surface area contributed by atoms with Crippen molar-refractivity contribution in [3.63, 3.8) is 0 Å². The number of hydrogen-bond donors (Lipinski definition) is 1. The number of nitrogens with zero attached hydrogens (tertiary/aromatic N) is 1. The van der Waals surface area contributed by atoms with Crippen molar-refractivity contribution in [1.29, 1.82) is 0 Å². The van der Waals surface area contributed by atoms with Crippen LogP contribution in [0.2, 0.25) is 0 Å². The fourth-order valence-electron chi connectivity index (χ4n) is 1.89. The summed E-state index contributed by atoms with van der Waals surface area (Å²) in [6.07, 6.45) is 3.73. The topological polar surface area (TPSA) is 24.9 Å². The lowest BCUT2D eigenvalue weighted by atomic mass is 9.93. The minimum atomic E-state index is -0.705. The highest BCUT2D eigenvalue weighted by Gasteiger charge is 2.23. The zero-order valence-corrected chi connectivity index (χ0v) is 8.89. The third-order valence-electron chi connectivity index (χ3n) is 2.73. The summed E-state index contributed by atoms with van der Waals surface area (Å²) in [4.78, 5) is 5.01. The first kappa shape index (κ1) is 10.1. The Morgan fingerprint density at radius 2 is 2.64 bits per heavy atom. The molecule has 14 heavy (non-hydrogen) atoms. The van der Waals surface area contributed by atoms with E-state index in [1.165, 1.54) is 0 Å². The second-order valence-electron chi connectivity index (χ2n) is 3.79. The number of nitrogens with one attached hydrogen (secondary N) is 1. The van der Waals surface area contributed by atoms with Crippen molar-refractivity contribution >= 4 is 11.3 Å². The molecular formula is C10H15FN2S. The SMILES string of the molecule is FC(Cc1cncs1)C1CCCNC1. The van der Waals surface area contributed by atoms with Gasteiger partial charge in [-0.2, -0.15) is 0 Å². The summed E-state index contributed by atoms with van der Waals surface area (Å²) in [6, 6.07) is 0. The van der Waals surface area contributed by atoms with Crippen LogP contribution in [0.4, 0.5) is 4.39 Å². The van der Waals surface area contributed by atoms with Crippen molar-refractivity contribution in [3.8, 4) is 0 Å². The highest BCUT2D eigenvalue weighted by molar-refractivity contribution is 7.09. The average Bonchev–Trinajstić information content (AvgIpc) is 2.72. The van der Waals surface area contributed by atoms with Crippen LogP contribution in [0.5, 0.6) is 0 Å². The predicted molar refractivity (Wildman–Crippen MR) is 56.3 cm³/mol. The first-order valence-electron chi connectivity index (χ1n) is 5.08. The lowest BCUT2D eigenvalue weighted by molar-refractivity contribution is 0.192. The minimum Gasteiger partial charge on any atom is -0.316 e. The van der Waals surface area contributed by atoms with Crippen LogP contribution in [-0.2, 0) is 6.42 Å². The van der Waals surface area contributed by atoms with Gasteiger partial charge in [0.2, 0.25) is 0 Å². The van der Waals surface area contributed by atoms with Gasteiger partial charge in [-0.1, -0.05) is 0 Å². The number of aromatic nitrogens is 1. The van der Waals surface area contributed by atoms with Gasteiger partial charge in [-0.3, -0.25) is 4.98 Å². The van der Waals surface area contributed by atoms with Crippen LogP contribution in [0.15, 0.2) is 11.7 Å². The maximum absolute atomic E-state index is 13.8. The molecule has 0 bridgehead atoms. The summed E-state index contributed by atoms with van der Waals surface area (Å²) in [7, 11) is 0. The number of alkyl halides is 1. The van der Waals surface area contributed by atoms with Crippen molar-refractivity contribution in [2.24, 2.45) is 5.92 Å². The molecule has 0 aromatic carbocycles. The van der Waals surface area contributed by atoms with E-state index in [-0.39, 0.29) is 5.92 Å². The van der Waals surface area contributed by atoms with Gasteiger partial charge in [-0.15, -0.1) is 11.3 Å². The number of halogens is 1. The summed E-state index contributed by atoms with van der Waals surface area (Å²) in [6.45, 7) is 1.88. The number of thiazole rings is 1. The van der Waals surface area contributed by atoms with Crippen LogP contribution in [0.1, 0.15) is 17.7 Å². The smallest absolute Gasteiger partial charge is 0.109 e. The van der Waals surface area contributed by atoms with Crippen molar-refractivity contribution in [1.82, 2.24) is 10.3 Å². The lowest BCUT2D eigenvalue weighted by Crippen LogP contribution is -2.35. The molecule has 2 rings (SSSR count). The summed E-state index contributed by atoms with van der Waals surface area (Å²) in [5, 5.41) is 3.24. The van der Waals surface area contributed by atoms with E-state index in [4.69, 9.17) is 0 Å². The summed E-state index contributed by atoms with van der Waals surface area (Å²) in [5.74, 6) is 0.200. The molecule has 0 radical (unpaired) electrons. The van der Waals surface area contributed by atoms with Crippen molar-refractivity contribution in [2.45, 2.75) is 25.4 Å². The molecule has 1 aromatic rings. The molecule has 2 unspecified atom stereocenters. The standard InChI is InChI=1S/C10H15FN2S/c11-10(4-9-6-13-7-14-9)8-2-1-3-12-5-8/h6-8,10,12H,1-5H2. The Hall–Kier alpha value is -0.480. The first-order valence-corrected chi connectivity index (χ1v) is 5.96. The Morgan fingerprint density at radius 1 is 1.71 bits per heavy atom. The van der Waals surface area contributed by atoms with E-state index in [0.29, 0.717) is 6.42 Å². The lowest BCUT2D eigenvalue weighted by Gasteiger charge is -2.25. The summed E-state index contributed by atoms with van der Waals surface area (Å²) >= 11 is 1.54. The molecule has 1 fully saturated rings. The predicted octanol–water partition coefficient (Wildman–Crippen LogP) is 2.02. The molecule has 1 N–H and O–H groups in total. The summed E-state index contributed by atoms with van der Waals surface area (Å²) in [5.41, 5.74) is 1.77. The van der Waals surface area contributed by atoms with E-state index in [9.17, 15) is 4.39 Å². The number of rotatable bonds is 3. The van der Waals surface area contributed by atoms with Crippen LogP contribution in [0, 0.1) is 5.92 Å². The fraction of sp³-hybridized carbons (Fsp3) is 0.700. The highest BCUT2D eigenvalue weighted by Crippen LogP contribution is 2.21. The molecule has 0 spiro atoms. The van der Waals surface area contributed by atoms with E-state index in [0.717, 1.165) is 30.8 Å². The van der Waals surface area contributed by atoms with Gasteiger partial charge in [0.1, 0.15) is 6.17 Å². The van der Waals surface area contributed by atoms with Gasteiger partial charge in [0.05, 0.1) is 5.51 Å². The fourth-order valence-corrected chi connectivity index (χ4v) is 2.52. The minimum absolute atomic E-state index is 0.200. The average molecular weight is 214 g/mol. The van der Waals surface area contributed by atoms with Gasteiger partial charge in [-0.05, 0) is 19.4 Å². The molecule has 0 aliphatic carbocycles. The molecular weight excluding hydrogens is 199 g/mol. The van der Waals surface area contributed by atoms with Crippen LogP contribution in [-0.4, -0.2) is 24.2 Å². The van der Waals surface area contributed by atoms with E-state index >= 15 is 0 Å². The normalized spacial score (nSPS) is 24.8. The Balaban J connectivity index is 1.85. The quantitative estimate of drug-likeness (QED) is 0.832. The Morgan fingerprint density at radius 3 is 3.29 bits per heavy atom. The monoisotopic (exact) mass is 214 g/mol. The molecule has 1 aliphatic rings. The van der Waals surface area contributed by atoms with Crippen LogP contribution >= 0.6 is 11.3 Å². The van der Waals surface area contributed by atoms with Gasteiger partial charge in [0.15, 0.2) is 0 Å². The van der Waals surface area contributed by atoms with Gasteiger partial charge in [0, 0.05) is 30.0 Å². The number of piperidine rings is 1. The Kier molecular flexibility index (Phi) is 3.48. The molecule has 0 amide bonds. The van der Waals surface area contributed by atoms with Crippen LogP contribution in [0.3, 0.4) is 0 Å². The van der Waals surface area contributed by atoms with Gasteiger partial charge >= 0.3 is 0 Å². The molecule has 2 atom stereocenters.